The van der Waals surface area contributed by atoms with Crippen molar-refractivity contribution in [3.8, 4) is 0 Å². The van der Waals surface area contributed by atoms with Crippen LogP contribution in [0.15, 0.2) is 28.1 Å². The average Bonchev–Trinajstić information content (AvgIpc) is 3.37. The van der Waals surface area contributed by atoms with E-state index in [1.165, 1.54) is 0 Å². The van der Waals surface area contributed by atoms with Crippen LogP contribution in [0, 0.1) is 6.92 Å². The second-order valence-corrected chi connectivity index (χ2v) is 7.21. The molecule has 0 aliphatic carbocycles. The number of aromatic nitrogens is 2. The van der Waals surface area contributed by atoms with Gasteiger partial charge in [0.2, 0.25) is 0 Å². The third-order valence-electron chi connectivity index (χ3n) is 5.16. The van der Waals surface area contributed by atoms with E-state index >= 15 is 0 Å². The number of aryl methyl sites for hydroxylation is 1. The van der Waals surface area contributed by atoms with Gasteiger partial charge in [-0.2, -0.15) is 0 Å². The maximum Gasteiger partial charge on any atom is 0.268 e. The first-order chi connectivity index (χ1) is 13.2. The quantitative estimate of drug-likeness (QED) is 0.789. The molecule has 2 aliphatic rings. The molecule has 144 valence electrons. The van der Waals surface area contributed by atoms with Crippen molar-refractivity contribution in [1.82, 2.24) is 9.38 Å². The first-order valence-corrected chi connectivity index (χ1v) is 9.71. The first-order valence-electron chi connectivity index (χ1n) is 9.71. The van der Waals surface area contributed by atoms with Gasteiger partial charge in [-0.15, -0.1) is 0 Å². The van der Waals surface area contributed by atoms with E-state index in [0.29, 0.717) is 30.1 Å². The highest BCUT2D eigenvalue weighted by Crippen LogP contribution is 2.16. The molecule has 0 spiro atoms. The zero-order valence-electron chi connectivity index (χ0n) is 15.7. The predicted octanol–water partition coefficient (Wildman–Crippen LogP) is 2.19. The minimum Gasteiger partial charge on any atom is -0.376 e. The van der Waals surface area contributed by atoms with Gasteiger partial charge >= 0.3 is 0 Å². The van der Waals surface area contributed by atoms with Crippen molar-refractivity contribution in [1.29, 1.82) is 0 Å². The van der Waals surface area contributed by atoms with Crippen LogP contribution in [0.5, 0.6) is 0 Å². The number of hydrogen-bond acceptors (Lipinski definition) is 6. The summed E-state index contributed by atoms with van der Waals surface area (Å²) in [5.41, 5.74) is 1.98. The zero-order chi connectivity index (χ0) is 18.6. The number of nitrogens with zero attached hydrogens (tertiary/aromatic N) is 3. The topological polar surface area (TPSA) is 77.2 Å². The normalized spacial score (nSPS) is 22.9. The van der Waals surface area contributed by atoms with Crippen molar-refractivity contribution in [2.24, 2.45) is 4.99 Å². The molecule has 0 unspecified atom stereocenters. The Bertz CT molecular complexity index is 881. The second-order valence-electron chi connectivity index (χ2n) is 7.21. The van der Waals surface area contributed by atoms with Crippen molar-refractivity contribution < 1.29 is 9.47 Å². The van der Waals surface area contributed by atoms with Crippen LogP contribution in [0.25, 0.3) is 5.65 Å². The van der Waals surface area contributed by atoms with Crippen molar-refractivity contribution in [3.05, 3.63) is 39.8 Å². The highest BCUT2D eigenvalue weighted by atomic mass is 16.5. The molecular weight excluding hydrogens is 344 g/mol. The number of anilines is 1. The molecule has 7 heteroatoms. The van der Waals surface area contributed by atoms with Crippen molar-refractivity contribution >= 4 is 17.7 Å². The van der Waals surface area contributed by atoms with Crippen LogP contribution >= 0.6 is 0 Å². The third kappa shape index (κ3) is 4.04. The average molecular weight is 370 g/mol. The summed E-state index contributed by atoms with van der Waals surface area (Å²) in [5, 5.41) is 3.32. The van der Waals surface area contributed by atoms with Crippen LogP contribution in [-0.4, -0.2) is 54.1 Å². The number of fused-ring (bicyclic) bond motifs is 1. The molecule has 0 saturated carbocycles. The summed E-state index contributed by atoms with van der Waals surface area (Å²) in [6.07, 6.45) is 7.92. The van der Waals surface area contributed by atoms with Crippen LogP contribution in [0.2, 0.25) is 0 Å². The van der Waals surface area contributed by atoms with E-state index < -0.39 is 0 Å². The van der Waals surface area contributed by atoms with Gasteiger partial charge in [-0.3, -0.25) is 14.2 Å². The molecule has 0 amide bonds. The molecule has 2 atom stereocenters. The Labute approximate surface area is 158 Å². The van der Waals surface area contributed by atoms with E-state index in [2.05, 4.69) is 10.3 Å². The Morgan fingerprint density at radius 3 is 2.81 bits per heavy atom. The van der Waals surface area contributed by atoms with Gasteiger partial charge in [0, 0.05) is 32.2 Å². The molecule has 7 nitrogen and oxygen atoms in total. The van der Waals surface area contributed by atoms with Crippen LogP contribution in [0.3, 0.4) is 0 Å². The molecule has 2 saturated heterocycles. The fourth-order valence-corrected chi connectivity index (χ4v) is 3.63. The number of nitrogens with one attached hydrogen (secondary N) is 1. The molecule has 0 aromatic carbocycles. The van der Waals surface area contributed by atoms with E-state index in [1.807, 2.05) is 19.1 Å². The van der Waals surface area contributed by atoms with Gasteiger partial charge in [0.25, 0.3) is 5.56 Å². The smallest absolute Gasteiger partial charge is 0.268 e. The number of pyridine rings is 1. The van der Waals surface area contributed by atoms with Crippen LogP contribution < -0.4 is 10.9 Å². The summed E-state index contributed by atoms with van der Waals surface area (Å²) in [7, 11) is 0. The van der Waals surface area contributed by atoms with Crippen molar-refractivity contribution in [2.45, 2.75) is 44.8 Å². The summed E-state index contributed by atoms with van der Waals surface area (Å²) in [6.45, 7) is 4.77. The van der Waals surface area contributed by atoms with Crippen LogP contribution in [0.1, 0.15) is 36.8 Å². The maximum absolute atomic E-state index is 13.1. The van der Waals surface area contributed by atoms with Gasteiger partial charge in [-0.05, 0) is 44.2 Å². The monoisotopic (exact) mass is 370 g/mol. The molecule has 0 radical (unpaired) electrons. The Morgan fingerprint density at radius 2 is 2.07 bits per heavy atom. The lowest BCUT2D eigenvalue weighted by Gasteiger charge is -2.14. The van der Waals surface area contributed by atoms with Gasteiger partial charge in [0.05, 0.1) is 18.8 Å². The van der Waals surface area contributed by atoms with Gasteiger partial charge in [-0.1, -0.05) is 6.07 Å². The standard InChI is InChI=1S/C20H26N4O3/c1-14-5-2-8-24-19(14)23-18(22-12-16-7-4-10-27-16)17(20(24)25)13-21-11-15-6-3-9-26-15/h2,5,8,13,15-16,22H,3-4,6-7,9-12H2,1H3/t15-,16+/m1/s1. The number of ether oxygens (including phenoxy) is 2. The lowest BCUT2D eigenvalue weighted by atomic mass is 10.2. The zero-order valence-corrected chi connectivity index (χ0v) is 15.7. The van der Waals surface area contributed by atoms with Gasteiger partial charge in [0.15, 0.2) is 0 Å². The van der Waals surface area contributed by atoms with Gasteiger partial charge in [-0.25, -0.2) is 4.98 Å². The lowest BCUT2D eigenvalue weighted by molar-refractivity contribution is 0.118. The minimum atomic E-state index is -0.116. The van der Waals surface area contributed by atoms with Crippen molar-refractivity contribution in [2.75, 3.05) is 31.6 Å². The fraction of sp³-hybridized carbons (Fsp3) is 0.550. The summed E-state index contributed by atoms with van der Waals surface area (Å²) in [5.74, 6) is 0.570. The maximum atomic E-state index is 13.1. The summed E-state index contributed by atoms with van der Waals surface area (Å²) < 4.78 is 12.9. The number of aliphatic imine (C=N–C) groups is 1. The molecule has 1 N–H and O–H groups in total. The summed E-state index contributed by atoms with van der Waals surface area (Å²) in [4.78, 5) is 22.3. The first kappa shape index (κ1) is 18.1. The molecule has 2 aliphatic heterocycles. The molecule has 0 bridgehead atoms. The largest absolute Gasteiger partial charge is 0.376 e. The summed E-state index contributed by atoms with van der Waals surface area (Å²) in [6, 6.07) is 3.81. The highest BCUT2D eigenvalue weighted by molar-refractivity contribution is 5.86. The third-order valence-corrected chi connectivity index (χ3v) is 5.16. The number of rotatable bonds is 6. The molecule has 2 fully saturated rings. The fourth-order valence-electron chi connectivity index (χ4n) is 3.63. The molecule has 2 aromatic rings. The Hall–Kier alpha value is -2.25. The highest BCUT2D eigenvalue weighted by Gasteiger charge is 2.18. The van der Waals surface area contributed by atoms with Crippen molar-refractivity contribution in [3.63, 3.8) is 0 Å². The van der Waals surface area contributed by atoms with Crippen LogP contribution in [0.4, 0.5) is 5.82 Å². The van der Waals surface area contributed by atoms with E-state index in [9.17, 15) is 4.79 Å². The van der Waals surface area contributed by atoms with E-state index in [0.717, 1.165) is 44.5 Å². The Kier molecular flexibility index (Phi) is 5.50. The Morgan fingerprint density at radius 1 is 1.30 bits per heavy atom. The molecule has 4 rings (SSSR count). The molecule has 4 heterocycles. The van der Waals surface area contributed by atoms with E-state index in [4.69, 9.17) is 14.5 Å². The summed E-state index contributed by atoms with van der Waals surface area (Å²) >= 11 is 0. The SMILES string of the molecule is Cc1cccn2c(=O)c(C=NC[C@H]3CCCO3)c(NC[C@@H]3CCCO3)nc12. The Balaban J connectivity index is 1.64. The lowest BCUT2D eigenvalue weighted by Crippen LogP contribution is -2.26. The predicted molar refractivity (Wildman–Crippen MR) is 105 cm³/mol. The second kappa shape index (κ2) is 8.19. The van der Waals surface area contributed by atoms with E-state index in [-0.39, 0.29) is 17.8 Å². The van der Waals surface area contributed by atoms with E-state index in [1.54, 1.807) is 16.8 Å². The molecule has 2 aromatic heterocycles. The molecular formula is C20H26N4O3. The molecule has 27 heavy (non-hydrogen) atoms. The van der Waals surface area contributed by atoms with Gasteiger partial charge in [0.1, 0.15) is 17.0 Å². The number of hydrogen-bond donors (Lipinski definition) is 1. The van der Waals surface area contributed by atoms with Gasteiger partial charge < -0.3 is 14.8 Å². The van der Waals surface area contributed by atoms with Crippen LogP contribution in [-0.2, 0) is 9.47 Å². The minimum absolute atomic E-state index is 0.116.